The fraction of sp³-hybridized carbons (Fsp3) is 0. The van der Waals surface area contributed by atoms with Gasteiger partial charge in [0.2, 0.25) is 0 Å². The minimum Gasteiger partial charge on any atom is -0.307 e. The van der Waals surface area contributed by atoms with Crippen LogP contribution in [0.5, 0.6) is 0 Å². The number of carbonyl (C=O) groups is 1. The van der Waals surface area contributed by atoms with E-state index in [-0.39, 0.29) is 6.03 Å². The van der Waals surface area contributed by atoms with Gasteiger partial charge in [-0.25, -0.2) is 14.7 Å². The Labute approximate surface area is 139 Å². The molecule has 2 amide bonds. The highest BCUT2D eigenvalue weighted by molar-refractivity contribution is 6.07. The summed E-state index contributed by atoms with van der Waals surface area (Å²) in [5.41, 5.74) is 1.61. The summed E-state index contributed by atoms with van der Waals surface area (Å²) >= 11 is 0. The van der Waals surface area contributed by atoms with Crippen LogP contribution in [0.2, 0.25) is 0 Å². The molecule has 0 unspecified atom stereocenters. The number of rotatable bonds is 3. The molecule has 0 atom stereocenters. The van der Waals surface area contributed by atoms with Crippen molar-refractivity contribution in [1.29, 1.82) is 5.26 Å². The molecule has 0 spiro atoms. The van der Waals surface area contributed by atoms with Crippen LogP contribution in [-0.2, 0) is 0 Å². The Morgan fingerprint density at radius 3 is 2.29 bits per heavy atom. The molecule has 0 saturated heterocycles. The number of nitriles is 1. The van der Waals surface area contributed by atoms with Crippen molar-refractivity contribution >= 4 is 23.2 Å². The maximum Gasteiger partial charge on any atom is 0.332 e. The van der Waals surface area contributed by atoms with E-state index in [1.165, 1.54) is 4.90 Å². The minimum absolute atomic E-state index is 0.291. The van der Waals surface area contributed by atoms with Gasteiger partial charge >= 0.3 is 6.03 Å². The maximum absolute atomic E-state index is 12.8. The van der Waals surface area contributed by atoms with Gasteiger partial charge in [0.05, 0.1) is 11.3 Å². The largest absolute Gasteiger partial charge is 0.332 e. The van der Waals surface area contributed by atoms with Crippen LogP contribution < -0.4 is 10.2 Å². The van der Waals surface area contributed by atoms with Crippen molar-refractivity contribution in [3.63, 3.8) is 0 Å². The molecule has 0 bridgehead atoms. The van der Waals surface area contributed by atoms with Crippen molar-refractivity contribution in [3.8, 4) is 6.07 Å². The molecule has 0 aliphatic rings. The molecule has 0 aliphatic carbocycles. The van der Waals surface area contributed by atoms with E-state index in [1.54, 1.807) is 42.6 Å². The van der Waals surface area contributed by atoms with Gasteiger partial charge in [-0.3, -0.25) is 0 Å². The molecule has 3 aromatic rings. The Kier molecular flexibility index (Phi) is 4.50. The molecule has 1 aromatic heterocycles. The van der Waals surface area contributed by atoms with E-state index in [4.69, 9.17) is 0 Å². The average Bonchev–Trinajstić information content (AvgIpc) is 2.64. The van der Waals surface area contributed by atoms with Gasteiger partial charge in [0.15, 0.2) is 5.82 Å². The predicted octanol–water partition coefficient (Wildman–Crippen LogP) is 4.32. The van der Waals surface area contributed by atoms with E-state index < -0.39 is 0 Å². The molecule has 1 heterocycles. The van der Waals surface area contributed by atoms with Gasteiger partial charge < -0.3 is 5.32 Å². The Balaban J connectivity index is 2.03. The lowest BCUT2D eigenvalue weighted by Crippen LogP contribution is -2.32. The van der Waals surface area contributed by atoms with Crippen molar-refractivity contribution in [2.45, 2.75) is 0 Å². The van der Waals surface area contributed by atoms with E-state index in [9.17, 15) is 10.1 Å². The quantitative estimate of drug-likeness (QED) is 0.782. The molecule has 2 aromatic carbocycles. The number of amides is 2. The van der Waals surface area contributed by atoms with E-state index >= 15 is 0 Å². The molecule has 0 radical (unpaired) electrons. The van der Waals surface area contributed by atoms with Crippen molar-refractivity contribution in [2.75, 3.05) is 10.2 Å². The Morgan fingerprint density at radius 2 is 1.62 bits per heavy atom. The summed E-state index contributed by atoms with van der Waals surface area (Å²) in [4.78, 5) is 18.5. The molecule has 0 saturated carbocycles. The van der Waals surface area contributed by atoms with Gasteiger partial charge in [0.25, 0.3) is 0 Å². The molecular weight excluding hydrogens is 300 g/mol. The zero-order valence-electron chi connectivity index (χ0n) is 12.8. The number of carbonyl (C=O) groups excluding carboxylic acids is 1. The lowest BCUT2D eigenvalue weighted by Gasteiger charge is -2.23. The molecular formula is C19H14N4O. The number of urea groups is 1. The number of nitrogens with one attached hydrogen (secondary N) is 1. The zero-order valence-corrected chi connectivity index (χ0v) is 12.8. The van der Waals surface area contributed by atoms with Crippen molar-refractivity contribution in [1.82, 2.24) is 4.98 Å². The number of para-hydroxylation sites is 2. The molecule has 0 fully saturated rings. The second-order valence-electron chi connectivity index (χ2n) is 4.95. The summed E-state index contributed by atoms with van der Waals surface area (Å²) < 4.78 is 0. The lowest BCUT2D eigenvalue weighted by atomic mass is 10.2. The van der Waals surface area contributed by atoms with Gasteiger partial charge in [-0.05, 0) is 36.4 Å². The first-order chi connectivity index (χ1) is 11.8. The maximum atomic E-state index is 12.8. The molecule has 0 aliphatic heterocycles. The molecule has 1 N–H and O–H groups in total. The van der Waals surface area contributed by atoms with E-state index in [2.05, 4.69) is 16.4 Å². The highest BCUT2D eigenvalue weighted by Gasteiger charge is 2.22. The van der Waals surface area contributed by atoms with Crippen LogP contribution in [0.25, 0.3) is 0 Å². The van der Waals surface area contributed by atoms with E-state index in [0.717, 1.165) is 0 Å². The zero-order chi connectivity index (χ0) is 16.8. The van der Waals surface area contributed by atoms with Crippen LogP contribution in [0.1, 0.15) is 5.56 Å². The smallest absolute Gasteiger partial charge is 0.307 e. The van der Waals surface area contributed by atoms with Gasteiger partial charge in [-0.15, -0.1) is 0 Å². The summed E-state index contributed by atoms with van der Waals surface area (Å²) in [5, 5.41) is 12.2. The second kappa shape index (κ2) is 7.07. The normalized spacial score (nSPS) is 9.79. The van der Waals surface area contributed by atoms with E-state index in [0.29, 0.717) is 22.8 Å². The van der Waals surface area contributed by atoms with Crippen molar-refractivity contribution < 1.29 is 4.79 Å². The van der Waals surface area contributed by atoms with Crippen LogP contribution in [0.4, 0.5) is 22.0 Å². The first-order valence-corrected chi connectivity index (χ1v) is 7.36. The van der Waals surface area contributed by atoms with E-state index in [1.807, 2.05) is 36.4 Å². The summed E-state index contributed by atoms with van der Waals surface area (Å²) in [7, 11) is 0. The van der Waals surface area contributed by atoms with Crippen LogP contribution in [0.15, 0.2) is 79.0 Å². The number of aromatic nitrogens is 1. The summed E-state index contributed by atoms with van der Waals surface area (Å²) in [5.74, 6) is 0.291. The third-order valence-corrected chi connectivity index (χ3v) is 3.36. The monoisotopic (exact) mass is 314 g/mol. The Bertz CT molecular complexity index is 873. The lowest BCUT2D eigenvalue weighted by molar-refractivity contribution is 0.259. The van der Waals surface area contributed by atoms with Crippen molar-refractivity contribution in [3.05, 3.63) is 84.6 Å². The van der Waals surface area contributed by atoms with Gasteiger partial charge in [0, 0.05) is 11.9 Å². The third kappa shape index (κ3) is 3.23. The SMILES string of the molecule is N#Cc1cccnc1N(C(=O)Nc1ccccc1)c1ccccc1. The number of anilines is 3. The molecule has 24 heavy (non-hydrogen) atoms. The van der Waals surface area contributed by atoms with Crippen LogP contribution in [-0.4, -0.2) is 11.0 Å². The minimum atomic E-state index is -0.386. The van der Waals surface area contributed by atoms with Crippen LogP contribution in [0.3, 0.4) is 0 Å². The highest BCUT2D eigenvalue weighted by atomic mass is 16.2. The van der Waals surface area contributed by atoms with Gasteiger partial charge in [0.1, 0.15) is 6.07 Å². The number of hydrogen-bond donors (Lipinski definition) is 1. The summed E-state index contributed by atoms with van der Waals surface area (Å²) in [6.45, 7) is 0. The average molecular weight is 314 g/mol. The Morgan fingerprint density at radius 1 is 0.958 bits per heavy atom. The molecule has 116 valence electrons. The van der Waals surface area contributed by atoms with Crippen LogP contribution >= 0.6 is 0 Å². The second-order valence-corrected chi connectivity index (χ2v) is 4.95. The topological polar surface area (TPSA) is 69.0 Å². The third-order valence-electron chi connectivity index (χ3n) is 3.36. The van der Waals surface area contributed by atoms with Gasteiger partial charge in [-0.2, -0.15) is 5.26 Å². The van der Waals surface area contributed by atoms with Crippen molar-refractivity contribution in [2.24, 2.45) is 0 Å². The highest BCUT2D eigenvalue weighted by Crippen LogP contribution is 2.27. The fourth-order valence-electron chi connectivity index (χ4n) is 2.28. The fourth-order valence-corrected chi connectivity index (χ4v) is 2.28. The Hall–Kier alpha value is -3.65. The van der Waals surface area contributed by atoms with Gasteiger partial charge in [-0.1, -0.05) is 36.4 Å². The number of benzene rings is 2. The first-order valence-electron chi connectivity index (χ1n) is 7.36. The predicted molar refractivity (Wildman–Crippen MR) is 93.0 cm³/mol. The number of pyridine rings is 1. The molecule has 5 heteroatoms. The van der Waals surface area contributed by atoms with Crippen LogP contribution in [0, 0.1) is 11.3 Å². The summed E-state index contributed by atoms with van der Waals surface area (Å²) in [6, 6.07) is 23.2. The number of hydrogen-bond acceptors (Lipinski definition) is 3. The summed E-state index contributed by atoms with van der Waals surface area (Å²) in [6.07, 6.45) is 1.56. The molecule has 5 nitrogen and oxygen atoms in total. The molecule has 3 rings (SSSR count). The number of nitrogens with zero attached hydrogens (tertiary/aromatic N) is 3. The standard InChI is InChI=1S/C19H14N4O/c20-14-15-8-7-13-21-18(15)23(17-11-5-2-6-12-17)19(24)22-16-9-3-1-4-10-16/h1-13H,(H,22,24). The first kappa shape index (κ1) is 15.3.